The SMILES string of the molecule is O=c1[nH]cc(Br)c2cc(F)cc(F)c12. The molecule has 0 amide bonds. The van der Waals surface area contributed by atoms with Gasteiger partial charge in [-0.3, -0.25) is 4.79 Å². The maximum atomic E-state index is 13.2. The number of aromatic nitrogens is 1. The van der Waals surface area contributed by atoms with E-state index in [0.717, 1.165) is 6.07 Å². The molecule has 0 aliphatic rings. The van der Waals surface area contributed by atoms with Gasteiger partial charge in [-0.15, -0.1) is 0 Å². The van der Waals surface area contributed by atoms with Crippen LogP contribution in [0.1, 0.15) is 0 Å². The monoisotopic (exact) mass is 259 g/mol. The zero-order valence-corrected chi connectivity index (χ0v) is 8.36. The first-order valence-electron chi connectivity index (χ1n) is 3.75. The molecule has 0 fully saturated rings. The van der Waals surface area contributed by atoms with E-state index >= 15 is 0 Å². The maximum Gasteiger partial charge on any atom is 0.258 e. The molecule has 0 atom stereocenters. The topological polar surface area (TPSA) is 32.9 Å². The molecule has 1 N–H and O–H groups in total. The van der Waals surface area contributed by atoms with E-state index in [1.54, 1.807) is 0 Å². The fourth-order valence-corrected chi connectivity index (χ4v) is 1.70. The molecule has 1 aromatic heterocycles. The highest BCUT2D eigenvalue weighted by atomic mass is 79.9. The number of hydrogen-bond acceptors (Lipinski definition) is 1. The second-order valence-corrected chi connectivity index (χ2v) is 3.63. The number of aromatic amines is 1. The van der Waals surface area contributed by atoms with Crippen molar-refractivity contribution < 1.29 is 8.78 Å². The normalized spacial score (nSPS) is 10.8. The predicted molar refractivity (Wildman–Crippen MR) is 52.2 cm³/mol. The van der Waals surface area contributed by atoms with Gasteiger partial charge in [-0.25, -0.2) is 8.78 Å². The third-order valence-electron chi connectivity index (χ3n) is 1.87. The average molecular weight is 260 g/mol. The summed E-state index contributed by atoms with van der Waals surface area (Å²) >= 11 is 3.10. The summed E-state index contributed by atoms with van der Waals surface area (Å²) in [6.45, 7) is 0. The lowest BCUT2D eigenvalue weighted by atomic mass is 10.1. The van der Waals surface area contributed by atoms with Gasteiger partial charge in [-0.2, -0.15) is 0 Å². The smallest absolute Gasteiger partial charge is 0.258 e. The second kappa shape index (κ2) is 3.16. The van der Waals surface area contributed by atoms with E-state index in [9.17, 15) is 13.6 Å². The van der Waals surface area contributed by atoms with Crippen LogP contribution in [0.3, 0.4) is 0 Å². The van der Waals surface area contributed by atoms with Gasteiger partial charge >= 0.3 is 0 Å². The molecule has 0 aliphatic heterocycles. The van der Waals surface area contributed by atoms with Crippen molar-refractivity contribution in [3.8, 4) is 0 Å². The van der Waals surface area contributed by atoms with Crippen LogP contribution in [-0.2, 0) is 0 Å². The Morgan fingerprint density at radius 2 is 2.00 bits per heavy atom. The first kappa shape index (κ1) is 9.33. The summed E-state index contributed by atoms with van der Waals surface area (Å²) in [6, 6.07) is 1.79. The minimum absolute atomic E-state index is 0.138. The van der Waals surface area contributed by atoms with Gasteiger partial charge in [0.1, 0.15) is 11.6 Å². The van der Waals surface area contributed by atoms with Crippen LogP contribution < -0.4 is 5.56 Å². The Balaban J connectivity index is 3.08. The molecule has 0 radical (unpaired) electrons. The van der Waals surface area contributed by atoms with E-state index in [1.807, 2.05) is 0 Å². The summed E-state index contributed by atoms with van der Waals surface area (Å²) in [4.78, 5) is 13.6. The van der Waals surface area contributed by atoms with Gasteiger partial charge in [0.15, 0.2) is 0 Å². The Morgan fingerprint density at radius 1 is 1.29 bits per heavy atom. The Hall–Kier alpha value is -1.23. The van der Waals surface area contributed by atoms with Crippen molar-refractivity contribution in [1.29, 1.82) is 0 Å². The van der Waals surface area contributed by atoms with Gasteiger partial charge in [-0.1, -0.05) is 0 Å². The van der Waals surface area contributed by atoms with Crippen molar-refractivity contribution in [3.63, 3.8) is 0 Å². The van der Waals surface area contributed by atoms with E-state index in [4.69, 9.17) is 0 Å². The lowest BCUT2D eigenvalue weighted by Gasteiger charge is -2.00. The minimum Gasteiger partial charge on any atom is -0.327 e. The molecule has 0 bridgehead atoms. The van der Waals surface area contributed by atoms with Gasteiger partial charge in [-0.05, 0) is 22.0 Å². The van der Waals surface area contributed by atoms with Gasteiger partial charge < -0.3 is 4.98 Å². The number of H-pyrrole nitrogens is 1. The molecular formula is C9H4BrF2NO. The lowest BCUT2D eigenvalue weighted by Crippen LogP contribution is -2.07. The Kier molecular flexibility index (Phi) is 2.11. The summed E-state index contributed by atoms with van der Waals surface area (Å²) in [5, 5.41) is 0.0898. The van der Waals surface area contributed by atoms with Gasteiger partial charge in [0.2, 0.25) is 0 Å². The third kappa shape index (κ3) is 1.33. The van der Waals surface area contributed by atoms with Crippen molar-refractivity contribution in [2.24, 2.45) is 0 Å². The number of nitrogens with one attached hydrogen (secondary N) is 1. The van der Waals surface area contributed by atoms with E-state index in [0.29, 0.717) is 10.5 Å². The lowest BCUT2D eigenvalue weighted by molar-refractivity contribution is 0.591. The molecule has 2 rings (SSSR count). The van der Waals surface area contributed by atoms with Crippen LogP contribution in [0.15, 0.2) is 27.6 Å². The molecule has 1 heterocycles. The number of halogens is 3. The van der Waals surface area contributed by atoms with E-state index < -0.39 is 17.2 Å². The van der Waals surface area contributed by atoms with Gasteiger partial charge in [0.05, 0.1) is 5.39 Å². The maximum absolute atomic E-state index is 13.2. The molecule has 2 aromatic rings. The Labute approximate surface area is 85.7 Å². The highest BCUT2D eigenvalue weighted by Gasteiger charge is 2.09. The van der Waals surface area contributed by atoms with Crippen LogP contribution in [-0.4, -0.2) is 4.98 Å². The molecule has 0 saturated heterocycles. The van der Waals surface area contributed by atoms with Crippen molar-refractivity contribution in [3.05, 3.63) is 44.8 Å². The molecule has 5 heteroatoms. The number of pyridine rings is 1. The fourth-order valence-electron chi connectivity index (χ4n) is 1.27. The Bertz CT molecular complexity index is 564. The molecule has 0 saturated carbocycles. The first-order chi connectivity index (χ1) is 6.59. The molecule has 14 heavy (non-hydrogen) atoms. The standard InChI is InChI=1S/C9H4BrF2NO/c10-6-3-13-9(14)8-5(6)1-4(11)2-7(8)12/h1-3H,(H,13,14). The molecule has 2 nitrogen and oxygen atoms in total. The fraction of sp³-hybridized carbons (Fsp3) is 0. The third-order valence-corrected chi connectivity index (χ3v) is 2.53. The van der Waals surface area contributed by atoms with E-state index in [1.165, 1.54) is 6.20 Å². The minimum atomic E-state index is -0.859. The molecule has 0 unspecified atom stereocenters. The molecular weight excluding hydrogens is 256 g/mol. The number of fused-ring (bicyclic) bond motifs is 1. The zero-order chi connectivity index (χ0) is 10.3. The zero-order valence-electron chi connectivity index (χ0n) is 6.77. The van der Waals surface area contributed by atoms with Crippen LogP contribution in [0.25, 0.3) is 10.8 Å². The van der Waals surface area contributed by atoms with Crippen molar-refractivity contribution in [2.75, 3.05) is 0 Å². The molecule has 0 aliphatic carbocycles. The van der Waals surface area contributed by atoms with Crippen LogP contribution in [0.5, 0.6) is 0 Å². The number of rotatable bonds is 0. The predicted octanol–water partition coefficient (Wildman–Crippen LogP) is 2.57. The Morgan fingerprint density at radius 3 is 2.71 bits per heavy atom. The van der Waals surface area contributed by atoms with E-state index in [-0.39, 0.29) is 10.8 Å². The highest BCUT2D eigenvalue weighted by Crippen LogP contribution is 2.23. The summed E-state index contributed by atoms with van der Waals surface area (Å²) in [5.41, 5.74) is -0.569. The van der Waals surface area contributed by atoms with Crippen molar-refractivity contribution in [2.45, 2.75) is 0 Å². The summed E-state index contributed by atoms with van der Waals surface area (Å²) < 4.78 is 26.5. The van der Waals surface area contributed by atoms with Crippen LogP contribution in [0, 0.1) is 11.6 Å². The van der Waals surface area contributed by atoms with Crippen LogP contribution in [0.4, 0.5) is 8.78 Å². The molecule has 72 valence electrons. The summed E-state index contributed by atoms with van der Waals surface area (Å²) in [5.74, 6) is -1.57. The van der Waals surface area contributed by atoms with Gasteiger partial charge in [0, 0.05) is 22.1 Å². The van der Waals surface area contributed by atoms with Crippen LogP contribution >= 0.6 is 15.9 Å². The second-order valence-electron chi connectivity index (χ2n) is 2.78. The van der Waals surface area contributed by atoms with Crippen molar-refractivity contribution in [1.82, 2.24) is 4.98 Å². The number of hydrogen-bond donors (Lipinski definition) is 1. The molecule has 0 spiro atoms. The van der Waals surface area contributed by atoms with Gasteiger partial charge in [0.25, 0.3) is 5.56 Å². The summed E-state index contributed by atoms with van der Waals surface area (Å²) in [6.07, 6.45) is 1.35. The van der Waals surface area contributed by atoms with E-state index in [2.05, 4.69) is 20.9 Å². The summed E-state index contributed by atoms with van der Waals surface area (Å²) in [7, 11) is 0. The number of benzene rings is 1. The largest absolute Gasteiger partial charge is 0.327 e. The first-order valence-corrected chi connectivity index (χ1v) is 4.55. The quantitative estimate of drug-likeness (QED) is 0.775. The van der Waals surface area contributed by atoms with Crippen LogP contribution in [0.2, 0.25) is 0 Å². The van der Waals surface area contributed by atoms with Crippen molar-refractivity contribution >= 4 is 26.7 Å². The average Bonchev–Trinajstić information content (AvgIpc) is 2.10. The molecule has 1 aromatic carbocycles. The highest BCUT2D eigenvalue weighted by molar-refractivity contribution is 9.10.